The highest BCUT2D eigenvalue weighted by atomic mass is 35.5. The van der Waals surface area contributed by atoms with Gasteiger partial charge in [-0.15, -0.1) is 0 Å². The van der Waals surface area contributed by atoms with Crippen LogP contribution in [0.15, 0.2) is 36.4 Å². The van der Waals surface area contributed by atoms with Crippen molar-refractivity contribution in [1.82, 2.24) is 4.90 Å². The molecule has 0 N–H and O–H groups in total. The van der Waals surface area contributed by atoms with Crippen molar-refractivity contribution >= 4 is 23.5 Å². The van der Waals surface area contributed by atoms with E-state index in [9.17, 15) is 14.0 Å². The van der Waals surface area contributed by atoms with Gasteiger partial charge < -0.3 is 4.74 Å². The average molecular weight is 448 g/mol. The number of likely N-dealkylation sites (tertiary alicyclic amines) is 1. The van der Waals surface area contributed by atoms with Crippen molar-refractivity contribution in [2.24, 2.45) is 5.92 Å². The van der Waals surface area contributed by atoms with Gasteiger partial charge in [-0.05, 0) is 63.3 Å². The number of hydrogen-bond acceptors (Lipinski definition) is 3. The second-order valence-corrected chi connectivity index (χ2v) is 9.66. The van der Waals surface area contributed by atoms with Gasteiger partial charge in [0.05, 0.1) is 11.1 Å². The summed E-state index contributed by atoms with van der Waals surface area (Å²) in [5.41, 5.74) is 0.112. The van der Waals surface area contributed by atoms with Gasteiger partial charge in [0.15, 0.2) is 5.78 Å². The highest BCUT2D eigenvalue weighted by Gasteiger charge is 2.56. The molecule has 1 saturated heterocycles. The Kier molecular flexibility index (Phi) is 5.54. The number of amides is 1. The summed E-state index contributed by atoms with van der Waals surface area (Å²) < 4.78 is 34.1. The number of halogens is 3. The number of rotatable bonds is 4. The van der Waals surface area contributed by atoms with Gasteiger partial charge in [0.1, 0.15) is 17.2 Å². The molecule has 0 spiro atoms. The summed E-state index contributed by atoms with van der Waals surface area (Å²) in [6.45, 7) is 5.34. The zero-order valence-corrected chi connectivity index (χ0v) is 18.4. The minimum atomic E-state index is -0.660. The Labute approximate surface area is 185 Å². The average Bonchev–Trinajstić information content (AvgIpc) is 3.31. The van der Waals surface area contributed by atoms with Gasteiger partial charge in [-0.25, -0.2) is 13.6 Å². The fourth-order valence-electron chi connectivity index (χ4n) is 4.26. The van der Waals surface area contributed by atoms with Crippen molar-refractivity contribution in [3.63, 3.8) is 0 Å². The van der Waals surface area contributed by atoms with E-state index in [1.165, 1.54) is 17.0 Å². The molecule has 1 saturated carbocycles. The number of benzene rings is 2. The SMILES string of the molecule is CC(C)(C)OC(=O)N1[C@@H]2C[C@@H]2C[C@H]1C(=O)Cc1cccc(-c2ccc(F)cc2Cl)c1F. The fourth-order valence-corrected chi connectivity index (χ4v) is 4.53. The van der Waals surface area contributed by atoms with Crippen molar-refractivity contribution in [1.29, 1.82) is 0 Å². The molecule has 2 fully saturated rings. The highest BCUT2D eigenvalue weighted by Crippen LogP contribution is 2.48. The van der Waals surface area contributed by atoms with Crippen molar-refractivity contribution in [2.75, 3.05) is 0 Å². The summed E-state index contributed by atoms with van der Waals surface area (Å²) in [6.07, 6.45) is 0.800. The van der Waals surface area contributed by atoms with Crippen LogP contribution in [0.2, 0.25) is 5.02 Å². The molecule has 0 radical (unpaired) electrons. The van der Waals surface area contributed by atoms with Crippen molar-refractivity contribution < 1.29 is 23.1 Å². The van der Waals surface area contributed by atoms with Crippen LogP contribution >= 0.6 is 11.6 Å². The second-order valence-electron chi connectivity index (χ2n) is 9.25. The van der Waals surface area contributed by atoms with Crippen LogP contribution in [0.3, 0.4) is 0 Å². The third-order valence-corrected chi connectivity index (χ3v) is 6.06. The summed E-state index contributed by atoms with van der Waals surface area (Å²) in [6, 6.07) is 7.88. The lowest BCUT2D eigenvalue weighted by Gasteiger charge is -2.30. The predicted octanol–water partition coefficient (Wildman–Crippen LogP) is 5.79. The first-order valence-corrected chi connectivity index (χ1v) is 10.7. The molecule has 1 aliphatic carbocycles. The molecule has 1 heterocycles. The van der Waals surface area contributed by atoms with Crippen molar-refractivity contribution in [3.8, 4) is 11.1 Å². The lowest BCUT2D eigenvalue weighted by molar-refractivity contribution is -0.123. The lowest BCUT2D eigenvalue weighted by Crippen LogP contribution is -2.46. The number of carbonyl (C=O) groups is 2. The van der Waals surface area contributed by atoms with Gasteiger partial charge in [0, 0.05) is 23.6 Å². The zero-order valence-electron chi connectivity index (χ0n) is 17.6. The summed E-state index contributed by atoms with van der Waals surface area (Å²) in [5.74, 6) is -1.01. The van der Waals surface area contributed by atoms with E-state index in [0.717, 1.165) is 12.5 Å². The largest absolute Gasteiger partial charge is 0.444 e. The third-order valence-electron chi connectivity index (χ3n) is 5.75. The normalized spacial score (nSPS) is 22.3. The van der Waals surface area contributed by atoms with E-state index >= 15 is 4.39 Å². The number of ether oxygens (including phenoxy) is 1. The van der Waals surface area contributed by atoms with Gasteiger partial charge in [-0.3, -0.25) is 9.69 Å². The molecule has 7 heteroatoms. The zero-order chi connectivity index (χ0) is 22.5. The Morgan fingerprint density at radius 2 is 1.87 bits per heavy atom. The number of ketones is 1. The smallest absolute Gasteiger partial charge is 0.411 e. The standard InChI is InChI=1S/C24H24ClF2NO3/c1-24(2,3)31-23(30)28-19-9-14(19)10-20(28)21(29)11-13-5-4-6-17(22(13)27)16-8-7-15(26)12-18(16)25/h4-8,12,14,19-20H,9-11H2,1-3H3/t14-,19-,20+/m1/s1. The van der Waals surface area contributed by atoms with Crippen LogP contribution in [0.25, 0.3) is 11.1 Å². The van der Waals surface area contributed by atoms with Crippen molar-refractivity contribution in [2.45, 2.75) is 57.7 Å². The molecule has 4 nitrogen and oxygen atoms in total. The van der Waals surface area contributed by atoms with Crippen LogP contribution in [0.1, 0.15) is 39.2 Å². The van der Waals surface area contributed by atoms with Crippen LogP contribution in [0.5, 0.6) is 0 Å². The Morgan fingerprint density at radius 1 is 1.13 bits per heavy atom. The maximum atomic E-state index is 15.2. The molecular formula is C24H24ClF2NO3. The first-order valence-electron chi connectivity index (χ1n) is 10.3. The number of fused-ring (bicyclic) bond motifs is 1. The number of Topliss-reactive ketones (excluding diaryl/α,β-unsaturated/α-hetero) is 1. The first kappa shape index (κ1) is 21.8. The summed E-state index contributed by atoms with van der Waals surface area (Å²) in [4.78, 5) is 27.3. The summed E-state index contributed by atoms with van der Waals surface area (Å²) >= 11 is 6.09. The molecule has 2 aliphatic rings. The molecule has 0 aromatic heterocycles. The Morgan fingerprint density at radius 3 is 2.55 bits per heavy atom. The van der Waals surface area contributed by atoms with Crippen molar-refractivity contribution in [3.05, 3.63) is 58.6 Å². The molecule has 1 amide bonds. The Balaban J connectivity index is 1.55. The Hall–Kier alpha value is -2.47. The van der Waals surface area contributed by atoms with Gasteiger partial charge >= 0.3 is 6.09 Å². The van der Waals surface area contributed by atoms with E-state index in [0.29, 0.717) is 17.9 Å². The maximum absolute atomic E-state index is 15.2. The topological polar surface area (TPSA) is 46.6 Å². The van der Waals surface area contributed by atoms with E-state index in [1.54, 1.807) is 39.0 Å². The van der Waals surface area contributed by atoms with Crippen LogP contribution in [0, 0.1) is 17.6 Å². The maximum Gasteiger partial charge on any atom is 0.411 e. The van der Waals surface area contributed by atoms with Gasteiger partial charge in [-0.1, -0.05) is 29.8 Å². The van der Waals surface area contributed by atoms with E-state index in [-0.39, 0.29) is 34.4 Å². The summed E-state index contributed by atoms with van der Waals surface area (Å²) in [5, 5.41) is 0.0920. The molecule has 31 heavy (non-hydrogen) atoms. The number of piperidine rings is 1. The number of hydrogen-bond donors (Lipinski definition) is 0. The molecule has 2 aromatic carbocycles. The van der Waals surface area contributed by atoms with Crippen LogP contribution < -0.4 is 0 Å². The third kappa shape index (κ3) is 4.45. The number of nitrogens with zero attached hydrogens (tertiary/aromatic N) is 1. The van der Waals surface area contributed by atoms with Crippen LogP contribution in [-0.2, 0) is 16.0 Å². The Bertz CT molecular complexity index is 1050. The van der Waals surface area contributed by atoms with E-state index in [2.05, 4.69) is 0 Å². The fraction of sp³-hybridized carbons (Fsp3) is 0.417. The molecule has 4 rings (SSSR count). The lowest BCUT2D eigenvalue weighted by atomic mass is 9.96. The van der Waals surface area contributed by atoms with Gasteiger partial charge in [-0.2, -0.15) is 0 Å². The molecule has 1 aliphatic heterocycles. The first-order chi connectivity index (χ1) is 14.5. The van der Waals surface area contributed by atoms with Gasteiger partial charge in [0.2, 0.25) is 0 Å². The quantitative estimate of drug-likeness (QED) is 0.595. The molecule has 0 unspecified atom stereocenters. The minimum absolute atomic E-state index is 0.0259. The molecule has 0 bridgehead atoms. The predicted molar refractivity (Wildman–Crippen MR) is 114 cm³/mol. The van der Waals surface area contributed by atoms with Crippen LogP contribution in [-0.4, -0.2) is 34.5 Å². The monoisotopic (exact) mass is 447 g/mol. The molecule has 164 valence electrons. The highest BCUT2D eigenvalue weighted by molar-refractivity contribution is 6.33. The van der Waals surface area contributed by atoms with Gasteiger partial charge in [0.25, 0.3) is 0 Å². The van der Waals surface area contributed by atoms with E-state index in [1.807, 2.05) is 0 Å². The molecular weight excluding hydrogens is 424 g/mol. The second kappa shape index (κ2) is 7.90. The molecule has 3 atom stereocenters. The minimum Gasteiger partial charge on any atom is -0.444 e. The van der Waals surface area contributed by atoms with E-state index in [4.69, 9.17) is 16.3 Å². The molecule has 2 aromatic rings. The van der Waals surface area contributed by atoms with E-state index < -0.39 is 29.4 Å². The number of carbonyl (C=O) groups excluding carboxylic acids is 2. The summed E-state index contributed by atoms with van der Waals surface area (Å²) in [7, 11) is 0. The van der Waals surface area contributed by atoms with Crippen LogP contribution in [0.4, 0.5) is 13.6 Å².